The highest BCUT2D eigenvalue weighted by molar-refractivity contribution is 6.33. The lowest BCUT2D eigenvalue weighted by atomic mass is 9.89. The highest BCUT2D eigenvalue weighted by Gasteiger charge is 2.29. The zero-order valence-corrected chi connectivity index (χ0v) is 10.8. The molecule has 2 rings (SSSR count). The van der Waals surface area contributed by atoms with Crippen molar-refractivity contribution in [3.05, 3.63) is 33.3 Å². The average Bonchev–Trinajstić information content (AvgIpc) is 2.28. The summed E-state index contributed by atoms with van der Waals surface area (Å²) < 4.78 is 5.46. The molecule has 1 fully saturated rings. The standard InChI is InChI=1S/C12H15ClN2O3/c1-2-18-10-5-8(6-10)14-12-4-3-9(15(16)17)7-11(12)13/h3-4,7-8,10,14H,2,5-6H2,1H3. The van der Waals surface area contributed by atoms with E-state index in [-0.39, 0.29) is 5.69 Å². The molecule has 0 bridgehead atoms. The molecule has 18 heavy (non-hydrogen) atoms. The second kappa shape index (κ2) is 5.54. The zero-order valence-electron chi connectivity index (χ0n) is 10.1. The lowest BCUT2D eigenvalue weighted by molar-refractivity contribution is -0.384. The van der Waals surface area contributed by atoms with E-state index in [1.54, 1.807) is 6.07 Å². The minimum Gasteiger partial charge on any atom is -0.381 e. The van der Waals surface area contributed by atoms with E-state index < -0.39 is 4.92 Å². The van der Waals surface area contributed by atoms with Gasteiger partial charge < -0.3 is 10.1 Å². The first kappa shape index (κ1) is 13.1. The molecule has 0 aliphatic heterocycles. The Morgan fingerprint density at radius 3 is 2.83 bits per heavy atom. The van der Waals surface area contributed by atoms with Crippen molar-refractivity contribution in [3.8, 4) is 0 Å². The molecule has 1 aliphatic rings. The summed E-state index contributed by atoms with van der Waals surface area (Å²) in [6.07, 6.45) is 2.21. The molecule has 0 radical (unpaired) electrons. The second-order valence-corrected chi connectivity index (χ2v) is 4.72. The number of nitro benzene ring substituents is 1. The van der Waals surface area contributed by atoms with E-state index in [1.807, 2.05) is 6.92 Å². The monoisotopic (exact) mass is 270 g/mol. The number of nitro groups is 1. The first-order chi connectivity index (χ1) is 8.60. The second-order valence-electron chi connectivity index (χ2n) is 4.31. The number of anilines is 1. The average molecular weight is 271 g/mol. The SMILES string of the molecule is CCOC1CC(Nc2ccc([N+](=O)[O-])cc2Cl)C1. The number of hydrogen-bond donors (Lipinski definition) is 1. The van der Waals surface area contributed by atoms with Crippen LogP contribution in [0, 0.1) is 10.1 Å². The van der Waals surface area contributed by atoms with Crippen molar-refractivity contribution in [3.63, 3.8) is 0 Å². The zero-order chi connectivity index (χ0) is 13.1. The van der Waals surface area contributed by atoms with Crippen molar-refractivity contribution in [2.24, 2.45) is 0 Å². The number of rotatable bonds is 5. The van der Waals surface area contributed by atoms with Crippen LogP contribution in [0.4, 0.5) is 11.4 Å². The van der Waals surface area contributed by atoms with Crippen molar-refractivity contribution in [1.82, 2.24) is 0 Å². The van der Waals surface area contributed by atoms with Crippen molar-refractivity contribution in [2.75, 3.05) is 11.9 Å². The number of non-ortho nitro benzene ring substituents is 1. The summed E-state index contributed by atoms with van der Waals surface area (Å²) in [6.45, 7) is 2.71. The minimum absolute atomic E-state index is 0.00588. The Hall–Kier alpha value is -1.33. The predicted octanol–water partition coefficient (Wildman–Crippen LogP) is 3.23. The van der Waals surface area contributed by atoms with Crippen LogP contribution in [0.15, 0.2) is 18.2 Å². The lowest BCUT2D eigenvalue weighted by Gasteiger charge is -2.36. The maximum Gasteiger partial charge on any atom is 0.271 e. The minimum atomic E-state index is -0.454. The van der Waals surface area contributed by atoms with E-state index in [9.17, 15) is 10.1 Å². The van der Waals surface area contributed by atoms with Gasteiger partial charge in [0.25, 0.3) is 5.69 Å². The van der Waals surface area contributed by atoms with Gasteiger partial charge in [0, 0.05) is 24.8 Å². The quantitative estimate of drug-likeness (QED) is 0.659. The van der Waals surface area contributed by atoms with E-state index in [1.165, 1.54) is 12.1 Å². The van der Waals surface area contributed by atoms with Gasteiger partial charge >= 0.3 is 0 Å². The smallest absolute Gasteiger partial charge is 0.271 e. The summed E-state index contributed by atoms with van der Waals surface area (Å²) in [5, 5.41) is 14.2. The Labute approximate surface area is 110 Å². The molecule has 1 saturated carbocycles. The fourth-order valence-corrected chi connectivity index (χ4v) is 2.24. The predicted molar refractivity (Wildman–Crippen MR) is 70.2 cm³/mol. The topological polar surface area (TPSA) is 64.4 Å². The van der Waals surface area contributed by atoms with E-state index in [0.29, 0.717) is 17.2 Å². The first-order valence-electron chi connectivity index (χ1n) is 5.92. The van der Waals surface area contributed by atoms with Gasteiger partial charge in [-0.2, -0.15) is 0 Å². The van der Waals surface area contributed by atoms with Gasteiger partial charge in [-0.05, 0) is 25.8 Å². The number of hydrogen-bond acceptors (Lipinski definition) is 4. The Kier molecular flexibility index (Phi) is 4.04. The van der Waals surface area contributed by atoms with Crippen molar-refractivity contribution >= 4 is 23.0 Å². The van der Waals surface area contributed by atoms with E-state index >= 15 is 0 Å². The van der Waals surface area contributed by atoms with Crippen LogP contribution in [0.1, 0.15) is 19.8 Å². The van der Waals surface area contributed by atoms with Crippen LogP contribution < -0.4 is 5.32 Å². The number of nitrogens with zero attached hydrogens (tertiary/aromatic N) is 1. The summed E-state index contributed by atoms with van der Waals surface area (Å²) in [5.74, 6) is 0. The van der Waals surface area contributed by atoms with Gasteiger partial charge in [-0.1, -0.05) is 11.6 Å². The van der Waals surface area contributed by atoms with Crippen LogP contribution >= 0.6 is 11.6 Å². The molecule has 0 atom stereocenters. The van der Waals surface area contributed by atoms with E-state index in [0.717, 1.165) is 25.1 Å². The van der Waals surface area contributed by atoms with Gasteiger partial charge in [-0.3, -0.25) is 10.1 Å². The normalized spacial score (nSPS) is 22.3. The Morgan fingerprint density at radius 2 is 2.28 bits per heavy atom. The number of ether oxygens (including phenoxy) is 1. The van der Waals surface area contributed by atoms with Crippen LogP contribution in [0.5, 0.6) is 0 Å². The lowest BCUT2D eigenvalue weighted by Crippen LogP contribution is -2.40. The van der Waals surface area contributed by atoms with Gasteiger partial charge in [0.2, 0.25) is 0 Å². The maximum absolute atomic E-state index is 10.6. The van der Waals surface area contributed by atoms with Crippen LogP contribution in [-0.2, 0) is 4.74 Å². The van der Waals surface area contributed by atoms with Gasteiger partial charge in [-0.15, -0.1) is 0 Å². The van der Waals surface area contributed by atoms with Crippen LogP contribution in [0.2, 0.25) is 5.02 Å². The summed E-state index contributed by atoms with van der Waals surface area (Å²) >= 11 is 6.00. The molecule has 5 nitrogen and oxygen atoms in total. The Bertz CT molecular complexity index is 447. The van der Waals surface area contributed by atoms with E-state index in [4.69, 9.17) is 16.3 Å². The maximum atomic E-state index is 10.6. The molecule has 0 spiro atoms. The van der Waals surface area contributed by atoms with Crippen molar-refractivity contribution in [1.29, 1.82) is 0 Å². The molecule has 98 valence electrons. The summed E-state index contributed by atoms with van der Waals surface area (Å²) in [4.78, 5) is 10.1. The summed E-state index contributed by atoms with van der Waals surface area (Å²) in [5.41, 5.74) is 0.744. The largest absolute Gasteiger partial charge is 0.381 e. The van der Waals surface area contributed by atoms with Crippen LogP contribution in [0.3, 0.4) is 0 Å². The van der Waals surface area contributed by atoms with Gasteiger partial charge in [0.1, 0.15) is 0 Å². The number of benzene rings is 1. The molecule has 1 aromatic carbocycles. The third-order valence-corrected chi connectivity index (χ3v) is 3.33. The van der Waals surface area contributed by atoms with Crippen molar-refractivity contribution in [2.45, 2.75) is 31.9 Å². The van der Waals surface area contributed by atoms with Crippen LogP contribution in [0.25, 0.3) is 0 Å². The number of nitrogens with one attached hydrogen (secondary N) is 1. The summed E-state index contributed by atoms with van der Waals surface area (Å²) in [7, 11) is 0. The molecule has 0 heterocycles. The highest BCUT2D eigenvalue weighted by Crippen LogP contribution is 2.31. The Morgan fingerprint density at radius 1 is 1.56 bits per heavy atom. The fourth-order valence-electron chi connectivity index (χ4n) is 2.01. The van der Waals surface area contributed by atoms with E-state index in [2.05, 4.69) is 5.32 Å². The molecule has 1 N–H and O–H groups in total. The van der Waals surface area contributed by atoms with Gasteiger partial charge in [0.05, 0.1) is 21.7 Å². The Balaban J connectivity index is 1.93. The molecule has 1 aliphatic carbocycles. The molecule has 0 amide bonds. The van der Waals surface area contributed by atoms with Gasteiger partial charge in [-0.25, -0.2) is 0 Å². The first-order valence-corrected chi connectivity index (χ1v) is 6.30. The molecule has 0 saturated heterocycles. The summed E-state index contributed by atoms with van der Waals surface area (Å²) in [6, 6.07) is 4.80. The van der Waals surface area contributed by atoms with Gasteiger partial charge in [0.15, 0.2) is 0 Å². The molecule has 6 heteroatoms. The third kappa shape index (κ3) is 2.91. The highest BCUT2D eigenvalue weighted by atomic mass is 35.5. The van der Waals surface area contributed by atoms with Crippen molar-refractivity contribution < 1.29 is 9.66 Å². The molecular formula is C12H15ClN2O3. The fraction of sp³-hybridized carbons (Fsp3) is 0.500. The third-order valence-electron chi connectivity index (χ3n) is 3.02. The van der Waals surface area contributed by atoms with Crippen LogP contribution in [-0.4, -0.2) is 23.7 Å². The number of halogens is 1. The molecule has 0 aromatic heterocycles. The molecule has 0 unspecified atom stereocenters. The molecule has 1 aromatic rings. The molecular weight excluding hydrogens is 256 g/mol.